The molecule has 0 unspecified atom stereocenters. The normalized spacial score (nSPS) is 14.4. The number of para-hydroxylation sites is 1. The maximum atomic E-state index is 6.10. The molecule has 1 nitrogen and oxygen atoms in total. The molecule has 0 N–H and O–H groups in total. The van der Waals surface area contributed by atoms with Gasteiger partial charge in [-0.15, -0.1) is 0 Å². The summed E-state index contributed by atoms with van der Waals surface area (Å²) < 4.78 is 6.10. The molecule has 1 heteroatoms. The third-order valence-corrected chi connectivity index (χ3v) is 6.30. The van der Waals surface area contributed by atoms with Crippen LogP contribution in [0.3, 0.4) is 0 Å². The van der Waals surface area contributed by atoms with Gasteiger partial charge in [0, 0.05) is 16.2 Å². The molecule has 1 aliphatic rings. The summed E-state index contributed by atoms with van der Waals surface area (Å²) in [6.45, 7) is 4.66. The van der Waals surface area contributed by atoms with Crippen LogP contribution in [0.5, 0.6) is 0 Å². The monoisotopic (exact) mass is 360 g/mol. The van der Waals surface area contributed by atoms with Crippen LogP contribution < -0.4 is 0 Å². The van der Waals surface area contributed by atoms with Gasteiger partial charge in [-0.2, -0.15) is 0 Å². The molecule has 0 spiro atoms. The fourth-order valence-electron chi connectivity index (χ4n) is 4.89. The molecule has 0 radical (unpaired) electrons. The highest BCUT2D eigenvalue weighted by Crippen LogP contribution is 2.50. The maximum Gasteiger partial charge on any atom is 0.136 e. The van der Waals surface area contributed by atoms with E-state index in [1.807, 2.05) is 12.1 Å². The van der Waals surface area contributed by atoms with E-state index in [2.05, 4.69) is 86.6 Å². The van der Waals surface area contributed by atoms with Gasteiger partial charge in [-0.25, -0.2) is 0 Å². The summed E-state index contributed by atoms with van der Waals surface area (Å²) in [6, 6.07) is 30.4. The average Bonchev–Trinajstić information content (AvgIpc) is 3.21. The zero-order valence-electron chi connectivity index (χ0n) is 16.0. The number of furan rings is 1. The van der Waals surface area contributed by atoms with Crippen LogP contribution in [0.2, 0.25) is 0 Å². The first-order valence-electron chi connectivity index (χ1n) is 9.79. The molecule has 5 aromatic rings. The quantitative estimate of drug-likeness (QED) is 0.300. The lowest BCUT2D eigenvalue weighted by Crippen LogP contribution is -2.14. The first kappa shape index (κ1) is 15.7. The van der Waals surface area contributed by atoms with Crippen LogP contribution in [0.4, 0.5) is 0 Å². The van der Waals surface area contributed by atoms with Gasteiger partial charge in [-0.3, -0.25) is 0 Å². The van der Waals surface area contributed by atoms with Gasteiger partial charge in [0.05, 0.1) is 0 Å². The molecule has 134 valence electrons. The van der Waals surface area contributed by atoms with Crippen molar-refractivity contribution in [2.75, 3.05) is 0 Å². The Morgan fingerprint density at radius 3 is 2.25 bits per heavy atom. The Bertz CT molecular complexity index is 1380. The Morgan fingerprint density at radius 2 is 1.32 bits per heavy atom. The molecular weight excluding hydrogens is 340 g/mol. The highest BCUT2D eigenvalue weighted by atomic mass is 16.3. The molecule has 1 aromatic heterocycles. The Hall–Kier alpha value is -3.32. The van der Waals surface area contributed by atoms with Crippen LogP contribution in [-0.4, -0.2) is 0 Å². The van der Waals surface area contributed by atoms with Gasteiger partial charge >= 0.3 is 0 Å². The predicted octanol–water partition coefficient (Wildman–Crippen LogP) is 7.56. The lowest BCUT2D eigenvalue weighted by Gasteiger charge is -2.22. The van der Waals surface area contributed by atoms with Crippen LogP contribution >= 0.6 is 0 Å². The second-order valence-electron chi connectivity index (χ2n) is 8.21. The van der Waals surface area contributed by atoms with Gasteiger partial charge in [0.2, 0.25) is 0 Å². The van der Waals surface area contributed by atoms with Gasteiger partial charge in [0.1, 0.15) is 11.2 Å². The summed E-state index contributed by atoms with van der Waals surface area (Å²) >= 11 is 0. The predicted molar refractivity (Wildman–Crippen MR) is 117 cm³/mol. The number of hydrogen-bond donors (Lipinski definition) is 0. The average molecular weight is 360 g/mol. The smallest absolute Gasteiger partial charge is 0.136 e. The minimum Gasteiger partial charge on any atom is -0.456 e. The van der Waals surface area contributed by atoms with Gasteiger partial charge in [-0.05, 0) is 51.6 Å². The number of benzene rings is 4. The molecule has 4 aromatic carbocycles. The van der Waals surface area contributed by atoms with Gasteiger partial charge in [0.15, 0.2) is 0 Å². The summed E-state index contributed by atoms with van der Waals surface area (Å²) in [6.07, 6.45) is 0. The van der Waals surface area contributed by atoms with Crippen LogP contribution in [0, 0.1) is 0 Å². The van der Waals surface area contributed by atoms with Crippen LogP contribution in [0.15, 0.2) is 89.3 Å². The molecule has 28 heavy (non-hydrogen) atoms. The van der Waals surface area contributed by atoms with Crippen molar-refractivity contribution in [2.45, 2.75) is 19.3 Å². The van der Waals surface area contributed by atoms with E-state index >= 15 is 0 Å². The Balaban J connectivity index is 1.64. The second kappa shape index (κ2) is 5.36. The first-order valence-corrected chi connectivity index (χ1v) is 9.79. The third-order valence-electron chi connectivity index (χ3n) is 6.30. The number of hydrogen-bond acceptors (Lipinski definition) is 1. The SMILES string of the molecule is CC1(C)c2ccccc2-c2ccc(-c3cccc4oc5ccccc5c34)cc21. The molecule has 0 aliphatic heterocycles. The van der Waals surface area contributed by atoms with E-state index in [1.165, 1.54) is 44.2 Å². The lowest BCUT2D eigenvalue weighted by atomic mass is 9.81. The Labute approximate surface area is 164 Å². The van der Waals surface area contributed by atoms with Crippen molar-refractivity contribution in [3.63, 3.8) is 0 Å². The van der Waals surface area contributed by atoms with Crippen LogP contribution in [0.25, 0.3) is 44.2 Å². The number of rotatable bonds is 1. The van der Waals surface area contributed by atoms with E-state index in [0.717, 1.165) is 11.2 Å². The van der Waals surface area contributed by atoms with Crippen molar-refractivity contribution in [1.82, 2.24) is 0 Å². The highest BCUT2D eigenvalue weighted by Gasteiger charge is 2.35. The van der Waals surface area contributed by atoms with Crippen molar-refractivity contribution in [2.24, 2.45) is 0 Å². The number of fused-ring (bicyclic) bond motifs is 6. The van der Waals surface area contributed by atoms with E-state index < -0.39 is 0 Å². The van der Waals surface area contributed by atoms with Crippen molar-refractivity contribution >= 4 is 21.9 Å². The second-order valence-corrected chi connectivity index (χ2v) is 8.21. The van der Waals surface area contributed by atoms with Gasteiger partial charge in [-0.1, -0.05) is 80.6 Å². The van der Waals surface area contributed by atoms with Crippen molar-refractivity contribution in [3.05, 3.63) is 96.1 Å². The van der Waals surface area contributed by atoms with Crippen molar-refractivity contribution < 1.29 is 4.42 Å². The molecule has 0 saturated heterocycles. The van der Waals surface area contributed by atoms with Gasteiger partial charge < -0.3 is 4.42 Å². The summed E-state index contributed by atoms with van der Waals surface area (Å²) in [5, 5.41) is 2.38. The minimum absolute atomic E-state index is 0.00823. The molecule has 0 amide bonds. The molecule has 0 atom stereocenters. The van der Waals surface area contributed by atoms with Crippen molar-refractivity contribution in [3.8, 4) is 22.3 Å². The minimum atomic E-state index is 0.00823. The Morgan fingerprint density at radius 1 is 0.607 bits per heavy atom. The van der Waals surface area contributed by atoms with E-state index in [4.69, 9.17) is 4.42 Å². The highest BCUT2D eigenvalue weighted by molar-refractivity contribution is 6.12. The molecule has 0 saturated carbocycles. The Kier molecular flexibility index (Phi) is 3.01. The van der Waals surface area contributed by atoms with E-state index in [0.29, 0.717) is 0 Å². The lowest BCUT2D eigenvalue weighted by molar-refractivity contribution is 0.660. The molecule has 6 rings (SSSR count). The summed E-state index contributed by atoms with van der Waals surface area (Å²) in [5.41, 5.74) is 9.91. The topological polar surface area (TPSA) is 13.1 Å². The standard InChI is InChI=1S/C27H20O/c1-27(2)22-11-5-3-8-19(22)20-15-14-17(16-23(20)27)18-10-7-13-25-26(18)21-9-4-6-12-24(21)28-25/h3-16H,1-2H3. The third kappa shape index (κ3) is 1.96. The zero-order valence-corrected chi connectivity index (χ0v) is 16.0. The van der Waals surface area contributed by atoms with Gasteiger partial charge in [0.25, 0.3) is 0 Å². The van der Waals surface area contributed by atoms with Crippen molar-refractivity contribution in [1.29, 1.82) is 0 Å². The van der Waals surface area contributed by atoms with E-state index in [9.17, 15) is 0 Å². The fraction of sp³-hybridized carbons (Fsp3) is 0.111. The van der Waals surface area contributed by atoms with E-state index in [1.54, 1.807) is 0 Å². The molecule has 1 heterocycles. The van der Waals surface area contributed by atoms with E-state index in [-0.39, 0.29) is 5.41 Å². The molecule has 0 fully saturated rings. The summed E-state index contributed by atoms with van der Waals surface area (Å²) in [4.78, 5) is 0. The largest absolute Gasteiger partial charge is 0.456 e. The first-order chi connectivity index (χ1) is 13.6. The fourth-order valence-corrected chi connectivity index (χ4v) is 4.89. The zero-order chi connectivity index (χ0) is 18.9. The molecular formula is C27H20O. The van der Waals surface area contributed by atoms with Crippen LogP contribution in [0.1, 0.15) is 25.0 Å². The molecule has 1 aliphatic carbocycles. The maximum absolute atomic E-state index is 6.10. The summed E-state index contributed by atoms with van der Waals surface area (Å²) in [5.74, 6) is 0. The molecule has 0 bridgehead atoms. The summed E-state index contributed by atoms with van der Waals surface area (Å²) in [7, 11) is 0. The van der Waals surface area contributed by atoms with Crippen LogP contribution in [-0.2, 0) is 5.41 Å².